The Morgan fingerprint density at radius 1 is 1.25 bits per heavy atom. The Hall–Kier alpha value is -0.950. The highest BCUT2D eigenvalue weighted by molar-refractivity contribution is 14.1. The van der Waals surface area contributed by atoms with Gasteiger partial charge in [0.15, 0.2) is 0 Å². The number of ether oxygens (including phenoxy) is 1. The van der Waals surface area contributed by atoms with Gasteiger partial charge in [0.2, 0.25) is 0 Å². The van der Waals surface area contributed by atoms with Crippen molar-refractivity contribution < 1.29 is 9.13 Å². The van der Waals surface area contributed by atoms with E-state index in [1.54, 1.807) is 12.4 Å². The van der Waals surface area contributed by atoms with Crippen LogP contribution >= 0.6 is 34.2 Å². The molecule has 82 valence electrons. The van der Waals surface area contributed by atoms with Gasteiger partial charge in [0.1, 0.15) is 11.6 Å². The van der Waals surface area contributed by atoms with Crippen molar-refractivity contribution in [2.75, 3.05) is 0 Å². The second-order valence-electron chi connectivity index (χ2n) is 2.86. The number of aromatic nitrogens is 2. The summed E-state index contributed by atoms with van der Waals surface area (Å²) in [6.45, 7) is 0. The molecule has 0 unspecified atom stereocenters. The van der Waals surface area contributed by atoms with E-state index < -0.39 is 5.82 Å². The molecule has 16 heavy (non-hydrogen) atoms. The summed E-state index contributed by atoms with van der Waals surface area (Å²) in [5, 5.41) is 0.183. The Balaban J connectivity index is 2.23. The van der Waals surface area contributed by atoms with Gasteiger partial charge in [-0.2, -0.15) is 0 Å². The molecule has 0 aliphatic heterocycles. The van der Waals surface area contributed by atoms with Crippen molar-refractivity contribution >= 4 is 34.2 Å². The first kappa shape index (κ1) is 11.5. The average molecular weight is 351 g/mol. The van der Waals surface area contributed by atoms with Crippen LogP contribution in [0, 0.1) is 9.39 Å². The maximum absolute atomic E-state index is 12.8. The van der Waals surface area contributed by atoms with E-state index in [9.17, 15) is 4.39 Å². The molecule has 0 aliphatic carbocycles. The molecular formula is C10H5ClFIN2O. The van der Waals surface area contributed by atoms with Gasteiger partial charge in [0, 0.05) is 16.0 Å². The standard InChI is InChI=1S/C10H5ClFIN2O/c11-8-3-6(12)1-2-9(8)16-10-14-4-7(13)5-15-10/h1-5H. The molecule has 0 N–H and O–H groups in total. The Morgan fingerprint density at radius 2 is 1.94 bits per heavy atom. The number of nitrogens with zero attached hydrogens (tertiary/aromatic N) is 2. The second-order valence-corrected chi connectivity index (χ2v) is 4.51. The van der Waals surface area contributed by atoms with Gasteiger partial charge in [-0.05, 0) is 40.8 Å². The van der Waals surface area contributed by atoms with Crippen molar-refractivity contribution in [3.05, 3.63) is 45.0 Å². The van der Waals surface area contributed by atoms with Crippen molar-refractivity contribution in [1.29, 1.82) is 0 Å². The van der Waals surface area contributed by atoms with Crippen LogP contribution in [-0.2, 0) is 0 Å². The van der Waals surface area contributed by atoms with Crippen LogP contribution in [0.3, 0.4) is 0 Å². The maximum Gasteiger partial charge on any atom is 0.321 e. The minimum atomic E-state index is -0.416. The molecule has 2 aromatic rings. The molecule has 0 fully saturated rings. The fourth-order valence-electron chi connectivity index (χ4n) is 1.01. The number of hydrogen-bond donors (Lipinski definition) is 0. The third-order valence-electron chi connectivity index (χ3n) is 1.69. The van der Waals surface area contributed by atoms with E-state index in [0.717, 1.165) is 3.57 Å². The van der Waals surface area contributed by atoms with Crippen molar-refractivity contribution in [3.8, 4) is 11.8 Å². The molecule has 1 aromatic carbocycles. The van der Waals surface area contributed by atoms with Crippen molar-refractivity contribution in [2.24, 2.45) is 0 Å². The predicted molar refractivity (Wildman–Crippen MR) is 66.2 cm³/mol. The number of hydrogen-bond acceptors (Lipinski definition) is 3. The summed E-state index contributed by atoms with van der Waals surface area (Å²) in [6.07, 6.45) is 3.22. The third-order valence-corrected chi connectivity index (χ3v) is 2.54. The molecule has 0 saturated heterocycles. The van der Waals surface area contributed by atoms with Gasteiger partial charge >= 0.3 is 6.01 Å². The lowest BCUT2D eigenvalue weighted by Crippen LogP contribution is -1.92. The largest absolute Gasteiger partial charge is 0.423 e. The van der Waals surface area contributed by atoms with E-state index in [4.69, 9.17) is 16.3 Å². The van der Waals surface area contributed by atoms with E-state index in [1.165, 1.54) is 18.2 Å². The van der Waals surface area contributed by atoms with Crippen LogP contribution in [0.2, 0.25) is 5.02 Å². The van der Waals surface area contributed by atoms with Gasteiger partial charge in [-0.1, -0.05) is 11.6 Å². The monoisotopic (exact) mass is 350 g/mol. The Bertz CT molecular complexity index is 507. The van der Waals surface area contributed by atoms with Crippen LogP contribution in [0.4, 0.5) is 4.39 Å². The Labute approximate surface area is 110 Å². The molecule has 1 aromatic heterocycles. The van der Waals surface area contributed by atoms with Gasteiger partial charge in [0.05, 0.1) is 5.02 Å². The number of halogens is 3. The van der Waals surface area contributed by atoms with Gasteiger partial charge in [0.25, 0.3) is 0 Å². The lowest BCUT2D eigenvalue weighted by atomic mass is 10.3. The molecular weight excluding hydrogens is 345 g/mol. The highest BCUT2D eigenvalue weighted by Crippen LogP contribution is 2.27. The Morgan fingerprint density at radius 3 is 2.56 bits per heavy atom. The normalized spacial score (nSPS) is 10.2. The van der Waals surface area contributed by atoms with E-state index >= 15 is 0 Å². The van der Waals surface area contributed by atoms with Crippen LogP contribution in [0.25, 0.3) is 0 Å². The fraction of sp³-hybridized carbons (Fsp3) is 0. The maximum atomic E-state index is 12.8. The summed E-state index contributed by atoms with van der Waals surface area (Å²) >= 11 is 7.87. The lowest BCUT2D eigenvalue weighted by Gasteiger charge is -2.05. The summed E-state index contributed by atoms with van der Waals surface area (Å²) in [7, 11) is 0. The van der Waals surface area contributed by atoms with Gasteiger partial charge < -0.3 is 4.74 Å². The minimum Gasteiger partial charge on any atom is -0.423 e. The summed E-state index contributed by atoms with van der Waals surface area (Å²) in [5.41, 5.74) is 0. The SMILES string of the molecule is Fc1ccc(Oc2ncc(I)cn2)c(Cl)c1. The zero-order valence-corrected chi connectivity index (χ0v) is 10.7. The summed E-state index contributed by atoms with van der Waals surface area (Å²) in [6, 6.07) is 4.03. The van der Waals surface area contributed by atoms with E-state index in [0.29, 0.717) is 5.75 Å². The zero-order valence-electron chi connectivity index (χ0n) is 7.82. The molecule has 2 rings (SSSR count). The highest BCUT2D eigenvalue weighted by Gasteiger charge is 2.06. The number of rotatable bonds is 2. The molecule has 0 atom stereocenters. The molecule has 0 bridgehead atoms. The van der Waals surface area contributed by atoms with Gasteiger partial charge in [-0.3, -0.25) is 0 Å². The van der Waals surface area contributed by atoms with Crippen molar-refractivity contribution in [3.63, 3.8) is 0 Å². The van der Waals surface area contributed by atoms with Gasteiger partial charge in [-0.25, -0.2) is 14.4 Å². The van der Waals surface area contributed by atoms with Crippen LogP contribution in [0.15, 0.2) is 30.6 Å². The highest BCUT2D eigenvalue weighted by atomic mass is 127. The van der Waals surface area contributed by atoms with E-state index in [-0.39, 0.29) is 11.0 Å². The van der Waals surface area contributed by atoms with E-state index in [1.807, 2.05) is 0 Å². The van der Waals surface area contributed by atoms with Crippen LogP contribution in [0.5, 0.6) is 11.8 Å². The molecule has 0 aliphatic rings. The number of benzene rings is 1. The van der Waals surface area contributed by atoms with Crippen LogP contribution in [-0.4, -0.2) is 9.97 Å². The van der Waals surface area contributed by atoms with E-state index in [2.05, 4.69) is 32.6 Å². The molecule has 3 nitrogen and oxygen atoms in total. The fourth-order valence-corrected chi connectivity index (χ4v) is 1.49. The summed E-state index contributed by atoms with van der Waals surface area (Å²) in [5.74, 6) is -0.0925. The van der Waals surface area contributed by atoms with Crippen LogP contribution in [0.1, 0.15) is 0 Å². The summed E-state index contributed by atoms with van der Waals surface area (Å²) < 4.78 is 19.0. The first-order chi connectivity index (χ1) is 7.65. The minimum absolute atomic E-state index is 0.175. The molecule has 0 saturated carbocycles. The van der Waals surface area contributed by atoms with Crippen molar-refractivity contribution in [1.82, 2.24) is 9.97 Å². The first-order valence-corrected chi connectivity index (χ1v) is 5.71. The zero-order chi connectivity index (χ0) is 11.5. The van der Waals surface area contributed by atoms with Crippen LogP contribution < -0.4 is 4.74 Å². The quantitative estimate of drug-likeness (QED) is 0.775. The lowest BCUT2D eigenvalue weighted by molar-refractivity contribution is 0.440. The molecule has 6 heteroatoms. The third kappa shape index (κ3) is 2.79. The first-order valence-electron chi connectivity index (χ1n) is 4.25. The Kier molecular flexibility index (Phi) is 3.55. The molecule has 1 heterocycles. The molecule has 0 spiro atoms. The predicted octanol–water partition coefficient (Wildman–Crippen LogP) is 3.67. The molecule has 0 amide bonds. The van der Waals surface area contributed by atoms with Gasteiger partial charge in [-0.15, -0.1) is 0 Å². The summed E-state index contributed by atoms with van der Waals surface area (Å²) in [4.78, 5) is 7.89. The molecule has 0 radical (unpaired) electrons. The second kappa shape index (κ2) is 4.92. The smallest absolute Gasteiger partial charge is 0.321 e. The van der Waals surface area contributed by atoms with Crippen molar-refractivity contribution in [2.45, 2.75) is 0 Å². The topological polar surface area (TPSA) is 35.0 Å². The average Bonchev–Trinajstić information content (AvgIpc) is 2.25.